The van der Waals surface area contributed by atoms with Crippen molar-refractivity contribution in [2.75, 3.05) is 32.7 Å². The molecule has 0 amide bonds. The zero-order chi connectivity index (χ0) is 8.39. The minimum Gasteiger partial charge on any atom is -0.314 e. The van der Waals surface area contributed by atoms with Crippen LogP contribution in [-0.2, 0) is 0 Å². The van der Waals surface area contributed by atoms with Gasteiger partial charge in [-0.2, -0.15) is 0 Å². The fourth-order valence-corrected chi connectivity index (χ4v) is 2.25. The second kappa shape index (κ2) is 3.73. The van der Waals surface area contributed by atoms with Gasteiger partial charge in [0.05, 0.1) is 0 Å². The Bertz CT molecular complexity index is 143. The van der Waals surface area contributed by atoms with Gasteiger partial charge in [0.2, 0.25) is 0 Å². The SMILES string of the molecule is CC1CCCN1N1CCNCC1. The van der Waals surface area contributed by atoms with E-state index in [0.29, 0.717) is 0 Å². The Morgan fingerprint density at radius 3 is 2.50 bits per heavy atom. The molecule has 3 heteroatoms. The quantitative estimate of drug-likeness (QED) is 0.609. The number of rotatable bonds is 1. The Morgan fingerprint density at radius 1 is 1.17 bits per heavy atom. The Kier molecular flexibility index (Phi) is 2.63. The lowest BCUT2D eigenvalue weighted by atomic mass is 10.2. The van der Waals surface area contributed by atoms with E-state index in [9.17, 15) is 0 Å². The Morgan fingerprint density at radius 2 is 1.92 bits per heavy atom. The highest BCUT2D eigenvalue weighted by Gasteiger charge is 2.26. The third-order valence-electron chi connectivity index (χ3n) is 2.97. The molecule has 1 unspecified atom stereocenters. The highest BCUT2D eigenvalue weighted by Crippen LogP contribution is 2.18. The fourth-order valence-electron chi connectivity index (χ4n) is 2.25. The van der Waals surface area contributed by atoms with Crippen molar-refractivity contribution in [2.45, 2.75) is 25.8 Å². The first kappa shape index (κ1) is 8.48. The zero-order valence-electron chi connectivity index (χ0n) is 7.92. The van der Waals surface area contributed by atoms with Crippen LogP contribution in [0.1, 0.15) is 19.8 Å². The van der Waals surface area contributed by atoms with Gasteiger partial charge >= 0.3 is 0 Å². The van der Waals surface area contributed by atoms with Crippen LogP contribution in [0.15, 0.2) is 0 Å². The summed E-state index contributed by atoms with van der Waals surface area (Å²) in [5.74, 6) is 0. The molecule has 0 aromatic carbocycles. The van der Waals surface area contributed by atoms with Crippen LogP contribution in [0.3, 0.4) is 0 Å². The van der Waals surface area contributed by atoms with Crippen molar-refractivity contribution >= 4 is 0 Å². The molecule has 3 nitrogen and oxygen atoms in total. The van der Waals surface area contributed by atoms with Gasteiger partial charge in [-0.3, -0.25) is 0 Å². The van der Waals surface area contributed by atoms with E-state index in [1.807, 2.05) is 0 Å². The van der Waals surface area contributed by atoms with Crippen molar-refractivity contribution < 1.29 is 0 Å². The second-order valence-corrected chi connectivity index (χ2v) is 3.86. The monoisotopic (exact) mass is 169 g/mol. The molecule has 0 aliphatic carbocycles. The van der Waals surface area contributed by atoms with Crippen molar-refractivity contribution in [3.63, 3.8) is 0 Å². The maximum absolute atomic E-state index is 3.38. The molecule has 2 fully saturated rings. The van der Waals surface area contributed by atoms with Gasteiger partial charge in [0, 0.05) is 38.8 Å². The standard InChI is InChI=1S/C9H19N3/c1-9-3-2-6-12(9)11-7-4-10-5-8-11/h9-10H,2-8H2,1H3. The number of nitrogens with zero attached hydrogens (tertiary/aromatic N) is 2. The van der Waals surface area contributed by atoms with Gasteiger partial charge in [-0.25, -0.2) is 10.0 Å². The normalized spacial score (nSPS) is 34.2. The van der Waals surface area contributed by atoms with Crippen molar-refractivity contribution in [1.29, 1.82) is 0 Å². The van der Waals surface area contributed by atoms with E-state index >= 15 is 0 Å². The lowest BCUT2D eigenvalue weighted by Crippen LogP contribution is -2.53. The van der Waals surface area contributed by atoms with E-state index in [0.717, 1.165) is 19.1 Å². The minimum absolute atomic E-state index is 0.781. The van der Waals surface area contributed by atoms with Gasteiger partial charge in [-0.15, -0.1) is 0 Å². The number of piperazine rings is 1. The highest BCUT2D eigenvalue weighted by atomic mass is 15.6. The Hall–Kier alpha value is -0.120. The Labute approximate surface area is 74.7 Å². The van der Waals surface area contributed by atoms with Crippen LogP contribution in [0.5, 0.6) is 0 Å². The molecule has 2 aliphatic rings. The van der Waals surface area contributed by atoms with E-state index in [2.05, 4.69) is 22.3 Å². The molecule has 0 aromatic rings. The number of nitrogens with one attached hydrogen (secondary N) is 1. The molecule has 0 saturated carbocycles. The summed E-state index contributed by atoms with van der Waals surface area (Å²) in [6, 6.07) is 0.781. The average molecular weight is 169 g/mol. The predicted molar refractivity (Wildman–Crippen MR) is 49.8 cm³/mol. The summed E-state index contributed by atoms with van der Waals surface area (Å²) in [5, 5.41) is 8.46. The van der Waals surface area contributed by atoms with Crippen molar-refractivity contribution in [3.05, 3.63) is 0 Å². The van der Waals surface area contributed by atoms with Crippen molar-refractivity contribution in [2.24, 2.45) is 0 Å². The average Bonchev–Trinajstić information content (AvgIpc) is 2.53. The third-order valence-corrected chi connectivity index (χ3v) is 2.97. The van der Waals surface area contributed by atoms with E-state index in [4.69, 9.17) is 0 Å². The van der Waals surface area contributed by atoms with E-state index in [1.54, 1.807) is 0 Å². The molecule has 0 bridgehead atoms. The van der Waals surface area contributed by atoms with Crippen LogP contribution >= 0.6 is 0 Å². The molecule has 2 heterocycles. The number of hydrazine groups is 1. The van der Waals surface area contributed by atoms with Crippen LogP contribution in [0.2, 0.25) is 0 Å². The van der Waals surface area contributed by atoms with Crippen molar-refractivity contribution in [1.82, 2.24) is 15.3 Å². The topological polar surface area (TPSA) is 18.5 Å². The molecule has 0 radical (unpaired) electrons. The summed E-state index contributed by atoms with van der Waals surface area (Å²) in [6.45, 7) is 8.33. The predicted octanol–water partition coefficient (Wildman–Crippen LogP) is 0.291. The van der Waals surface area contributed by atoms with Gasteiger partial charge in [-0.1, -0.05) is 0 Å². The minimum atomic E-state index is 0.781. The molecule has 1 N–H and O–H groups in total. The summed E-state index contributed by atoms with van der Waals surface area (Å²) in [5.41, 5.74) is 0. The second-order valence-electron chi connectivity index (χ2n) is 3.86. The molecule has 0 spiro atoms. The maximum Gasteiger partial charge on any atom is 0.0259 e. The fraction of sp³-hybridized carbons (Fsp3) is 1.00. The van der Waals surface area contributed by atoms with E-state index in [-0.39, 0.29) is 0 Å². The zero-order valence-corrected chi connectivity index (χ0v) is 7.92. The van der Waals surface area contributed by atoms with E-state index in [1.165, 1.54) is 32.5 Å². The lowest BCUT2D eigenvalue weighted by Gasteiger charge is -2.37. The molecular weight excluding hydrogens is 150 g/mol. The van der Waals surface area contributed by atoms with Crippen LogP contribution in [0.25, 0.3) is 0 Å². The summed E-state index contributed by atoms with van der Waals surface area (Å²) in [6.07, 6.45) is 2.76. The first-order valence-corrected chi connectivity index (χ1v) is 5.10. The summed E-state index contributed by atoms with van der Waals surface area (Å²) in [7, 11) is 0. The van der Waals surface area contributed by atoms with E-state index < -0.39 is 0 Å². The highest BCUT2D eigenvalue weighted by molar-refractivity contribution is 4.76. The van der Waals surface area contributed by atoms with Crippen LogP contribution in [0.4, 0.5) is 0 Å². The van der Waals surface area contributed by atoms with Gasteiger partial charge < -0.3 is 5.32 Å². The largest absolute Gasteiger partial charge is 0.314 e. The molecule has 0 aromatic heterocycles. The smallest absolute Gasteiger partial charge is 0.0259 e. The lowest BCUT2D eigenvalue weighted by molar-refractivity contribution is -0.0396. The number of hydrogen-bond donors (Lipinski definition) is 1. The molecule has 1 atom stereocenters. The Balaban J connectivity index is 1.89. The van der Waals surface area contributed by atoms with Crippen molar-refractivity contribution in [3.8, 4) is 0 Å². The van der Waals surface area contributed by atoms with Crippen LogP contribution in [0, 0.1) is 0 Å². The van der Waals surface area contributed by atoms with Crippen LogP contribution in [-0.4, -0.2) is 48.8 Å². The van der Waals surface area contributed by atoms with Gasteiger partial charge in [0.25, 0.3) is 0 Å². The molecule has 2 saturated heterocycles. The number of hydrogen-bond acceptors (Lipinski definition) is 3. The molecule has 70 valence electrons. The first-order valence-electron chi connectivity index (χ1n) is 5.10. The summed E-state index contributed by atoms with van der Waals surface area (Å²) in [4.78, 5) is 0. The summed E-state index contributed by atoms with van der Waals surface area (Å²) < 4.78 is 0. The molecule has 2 rings (SSSR count). The van der Waals surface area contributed by atoms with Gasteiger partial charge in [0.15, 0.2) is 0 Å². The molecule has 2 aliphatic heterocycles. The molecular formula is C9H19N3. The summed E-state index contributed by atoms with van der Waals surface area (Å²) >= 11 is 0. The maximum atomic E-state index is 3.38. The third kappa shape index (κ3) is 1.63. The van der Waals surface area contributed by atoms with Gasteiger partial charge in [-0.05, 0) is 19.8 Å². The van der Waals surface area contributed by atoms with Crippen LogP contribution < -0.4 is 5.32 Å². The molecule has 12 heavy (non-hydrogen) atoms. The van der Waals surface area contributed by atoms with Gasteiger partial charge in [0.1, 0.15) is 0 Å². The first-order chi connectivity index (χ1) is 5.88.